The zero-order valence-electron chi connectivity index (χ0n) is 19.3. The first-order chi connectivity index (χ1) is 16.8. The van der Waals surface area contributed by atoms with Gasteiger partial charge < -0.3 is 10.1 Å². The van der Waals surface area contributed by atoms with Crippen LogP contribution >= 0.6 is 0 Å². The first-order valence-corrected chi connectivity index (χ1v) is 11.6. The number of hydrogen-bond donors (Lipinski definition) is 1. The predicted molar refractivity (Wildman–Crippen MR) is 126 cm³/mol. The Hall–Kier alpha value is -3.56. The number of anilines is 2. The van der Waals surface area contributed by atoms with Crippen molar-refractivity contribution in [3.05, 3.63) is 80.6 Å². The molecule has 0 amide bonds. The van der Waals surface area contributed by atoms with Gasteiger partial charge in [-0.25, -0.2) is 14.2 Å². The third kappa shape index (κ3) is 5.75. The normalized spacial score (nSPS) is 14.6. The zero-order chi connectivity index (χ0) is 25.0. The number of halogens is 3. The van der Waals surface area contributed by atoms with Gasteiger partial charge in [-0.3, -0.25) is 4.57 Å². The number of nitrogens with one attached hydrogen (secondary N) is 1. The van der Waals surface area contributed by atoms with Crippen molar-refractivity contribution in [3.8, 4) is 5.75 Å². The number of aryl methyl sites for hydroxylation is 1. The van der Waals surface area contributed by atoms with Gasteiger partial charge in [-0.1, -0.05) is 37.5 Å². The van der Waals surface area contributed by atoms with Crippen molar-refractivity contribution in [2.75, 3.05) is 12.4 Å². The Morgan fingerprint density at radius 3 is 2.43 bits per heavy atom. The summed E-state index contributed by atoms with van der Waals surface area (Å²) in [6, 6.07) is 11.7. The first kappa shape index (κ1) is 24.6. The summed E-state index contributed by atoms with van der Waals surface area (Å²) in [5.74, 6) is 0.616. The lowest BCUT2D eigenvalue weighted by atomic mass is 9.95. The third-order valence-electron chi connectivity index (χ3n) is 6.27. The summed E-state index contributed by atoms with van der Waals surface area (Å²) in [5.41, 5.74) is -1.04. The molecule has 1 heterocycles. The molecule has 1 saturated carbocycles. The minimum Gasteiger partial charge on any atom is -0.497 e. The number of methoxy groups -OCH3 is 1. The molecule has 1 aliphatic carbocycles. The molecule has 1 fully saturated rings. The van der Waals surface area contributed by atoms with Crippen LogP contribution in [0.4, 0.5) is 24.8 Å². The van der Waals surface area contributed by atoms with E-state index in [0.29, 0.717) is 12.2 Å². The van der Waals surface area contributed by atoms with Crippen LogP contribution in [0.5, 0.6) is 5.75 Å². The quantitative estimate of drug-likeness (QED) is 0.511. The number of nitrogens with zero attached hydrogens (tertiary/aromatic N) is 3. The molecule has 0 saturated heterocycles. The first-order valence-electron chi connectivity index (χ1n) is 11.6. The van der Waals surface area contributed by atoms with Gasteiger partial charge in [-0.15, -0.1) is 0 Å². The minimum absolute atomic E-state index is 0.0831. The molecule has 3 aromatic rings. The maximum absolute atomic E-state index is 13.5. The van der Waals surface area contributed by atoms with Crippen molar-refractivity contribution in [2.24, 2.45) is 0 Å². The van der Waals surface area contributed by atoms with Gasteiger partial charge >= 0.3 is 17.6 Å². The van der Waals surface area contributed by atoms with Crippen LogP contribution in [0.15, 0.2) is 58.1 Å². The zero-order valence-corrected chi connectivity index (χ0v) is 19.3. The average Bonchev–Trinajstić information content (AvgIpc) is 2.84. The van der Waals surface area contributed by atoms with Crippen LogP contribution in [0, 0.1) is 0 Å². The molecule has 4 rings (SSSR count). The smallest absolute Gasteiger partial charge is 0.416 e. The van der Waals surface area contributed by atoms with Crippen molar-refractivity contribution in [3.63, 3.8) is 0 Å². The molecule has 0 radical (unpaired) electrons. The van der Waals surface area contributed by atoms with Crippen LogP contribution in [0.2, 0.25) is 0 Å². The van der Waals surface area contributed by atoms with Crippen LogP contribution in [0.25, 0.3) is 0 Å². The van der Waals surface area contributed by atoms with Crippen molar-refractivity contribution in [1.82, 2.24) is 14.1 Å². The number of hydrogen-bond acceptors (Lipinski definition) is 5. The Morgan fingerprint density at radius 2 is 1.77 bits per heavy atom. The Bertz CT molecular complexity index is 1280. The van der Waals surface area contributed by atoms with Crippen molar-refractivity contribution in [2.45, 2.75) is 57.3 Å². The second-order valence-electron chi connectivity index (χ2n) is 8.62. The van der Waals surface area contributed by atoms with Crippen LogP contribution in [-0.2, 0) is 19.1 Å². The molecule has 35 heavy (non-hydrogen) atoms. The maximum atomic E-state index is 13.5. The van der Waals surface area contributed by atoms with Crippen LogP contribution < -0.4 is 21.4 Å². The number of ether oxygens (including phenoxy) is 1. The molecular formula is C25H27F3N4O3. The molecule has 1 N–H and O–H groups in total. The molecule has 0 spiro atoms. The van der Waals surface area contributed by atoms with Crippen LogP contribution in [0.1, 0.15) is 49.3 Å². The molecule has 0 bridgehead atoms. The summed E-state index contributed by atoms with van der Waals surface area (Å²) >= 11 is 0. The second kappa shape index (κ2) is 10.4. The summed E-state index contributed by atoms with van der Waals surface area (Å²) < 4.78 is 47.2. The molecule has 186 valence electrons. The highest BCUT2D eigenvalue weighted by Gasteiger charge is 2.30. The highest BCUT2D eigenvalue weighted by molar-refractivity contribution is 5.54. The molecule has 1 aromatic heterocycles. The van der Waals surface area contributed by atoms with E-state index in [-0.39, 0.29) is 24.2 Å². The average molecular weight is 489 g/mol. The van der Waals surface area contributed by atoms with Crippen molar-refractivity contribution < 1.29 is 17.9 Å². The summed E-state index contributed by atoms with van der Waals surface area (Å²) in [6.07, 6.45) is 0.263. The summed E-state index contributed by atoms with van der Waals surface area (Å²) in [4.78, 5) is 30.5. The van der Waals surface area contributed by atoms with Gasteiger partial charge in [0.05, 0.1) is 12.7 Å². The number of aromatic nitrogens is 3. The lowest BCUT2D eigenvalue weighted by molar-refractivity contribution is -0.137. The molecule has 0 aliphatic heterocycles. The van der Waals surface area contributed by atoms with Gasteiger partial charge in [-0.2, -0.15) is 18.2 Å². The molecule has 0 atom stereocenters. The Balaban J connectivity index is 1.71. The van der Waals surface area contributed by atoms with Gasteiger partial charge in [-0.05, 0) is 55.2 Å². The molecule has 0 unspecified atom stereocenters. The maximum Gasteiger partial charge on any atom is 0.416 e. The molecular weight excluding hydrogens is 461 g/mol. The van der Waals surface area contributed by atoms with Crippen LogP contribution in [-0.4, -0.2) is 21.2 Å². The van der Waals surface area contributed by atoms with Gasteiger partial charge in [0.15, 0.2) is 0 Å². The number of alkyl halides is 3. The number of rotatable bonds is 7. The standard InChI is InChI=1S/C25H27F3N4O3/c1-35-21-12-10-17(11-13-21)14-15-31-22(29-19-7-5-6-18(16-19)25(26,27)28)30-23(33)32(24(31)34)20-8-3-2-4-9-20/h5-7,10-13,16,20H,2-4,8-9,14-15H2,1H3,(H,29,30,33). The Kier molecular flexibility index (Phi) is 7.28. The van der Waals surface area contributed by atoms with E-state index in [0.717, 1.165) is 49.8 Å². The predicted octanol–water partition coefficient (Wildman–Crippen LogP) is 4.92. The third-order valence-corrected chi connectivity index (χ3v) is 6.27. The fourth-order valence-electron chi connectivity index (χ4n) is 4.39. The molecule has 7 nitrogen and oxygen atoms in total. The molecule has 1 aliphatic rings. The molecule has 2 aromatic carbocycles. The Labute approximate surface area is 200 Å². The largest absolute Gasteiger partial charge is 0.497 e. The second-order valence-corrected chi connectivity index (χ2v) is 8.62. The summed E-state index contributed by atoms with van der Waals surface area (Å²) in [6.45, 7) is 0.187. The van der Waals surface area contributed by atoms with E-state index >= 15 is 0 Å². The van der Waals surface area contributed by atoms with E-state index in [1.54, 1.807) is 19.2 Å². The van der Waals surface area contributed by atoms with Gasteiger partial charge in [0, 0.05) is 18.3 Å². The topological polar surface area (TPSA) is 78.2 Å². The van der Waals surface area contributed by atoms with Crippen molar-refractivity contribution in [1.29, 1.82) is 0 Å². The van der Waals surface area contributed by atoms with E-state index in [1.807, 2.05) is 12.1 Å². The van der Waals surface area contributed by atoms with E-state index < -0.39 is 23.1 Å². The van der Waals surface area contributed by atoms with Gasteiger partial charge in [0.25, 0.3) is 0 Å². The Morgan fingerprint density at radius 1 is 1.06 bits per heavy atom. The van der Waals surface area contributed by atoms with E-state index in [9.17, 15) is 22.8 Å². The fraction of sp³-hybridized carbons (Fsp3) is 0.400. The number of benzene rings is 2. The van der Waals surface area contributed by atoms with E-state index in [4.69, 9.17) is 4.74 Å². The SMILES string of the molecule is COc1ccc(CCn2c(Nc3cccc(C(F)(F)F)c3)nc(=O)n(C3CCCCC3)c2=O)cc1. The fourth-order valence-corrected chi connectivity index (χ4v) is 4.39. The van der Waals surface area contributed by atoms with E-state index in [1.165, 1.54) is 21.3 Å². The van der Waals surface area contributed by atoms with Crippen LogP contribution in [0.3, 0.4) is 0 Å². The lowest BCUT2D eigenvalue weighted by Gasteiger charge is -2.24. The van der Waals surface area contributed by atoms with Crippen molar-refractivity contribution >= 4 is 11.6 Å². The summed E-state index contributed by atoms with van der Waals surface area (Å²) in [5, 5.41) is 2.77. The monoisotopic (exact) mass is 488 g/mol. The molecule has 10 heteroatoms. The van der Waals surface area contributed by atoms with Gasteiger partial charge in [0.2, 0.25) is 5.95 Å². The summed E-state index contributed by atoms with van der Waals surface area (Å²) in [7, 11) is 1.57. The van der Waals surface area contributed by atoms with Gasteiger partial charge in [0.1, 0.15) is 5.75 Å². The minimum atomic E-state index is -4.52. The highest BCUT2D eigenvalue weighted by atomic mass is 19.4. The highest BCUT2D eigenvalue weighted by Crippen LogP contribution is 2.31. The van der Waals surface area contributed by atoms with E-state index in [2.05, 4.69) is 10.3 Å². The lowest BCUT2D eigenvalue weighted by Crippen LogP contribution is -2.45.